The van der Waals surface area contributed by atoms with Gasteiger partial charge < -0.3 is 9.88 Å². The Morgan fingerprint density at radius 2 is 1.86 bits per heavy atom. The number of benzene rings is 1. The van der Waals surface area contributed by atoms with Crippen LogP contribution in [-0.2, 0) is 11.3 Å². The lowest BCUT2D eigenvalue weighted by Gasteiger charge is -2.29. The van der Waals surface area contributed by atoms with Gasteiger partial charge in [0.1, 0.15) is 5.82 Å². The van der Waals surface area contributed by atoms with Gasteiger partial charge in [-0.1, -0.05) is 19.8 Å². The van der Waals surface area contributed by atoms with Crippen LogP contribution in [0.15, 0.2) is 30.3 Å². The van der Waals surface area contributed by atoms with Crippen LogP contribution in [0.25, 0.3) is 11.3 Å². The first kappa shape index (κ1) is 20.3. The lowest BCUT2D eigenvalue weighted by Crippen LogP contribution is -2.41. The molecule has 1 saturated carbocycles. The normalized spacial score (nSPS) is 19.4. The summed E-state index contributed by atoms with van der Waals surface area (Å²) in [5.41, 5.74) is 3.14. The van der Waals surface area contributed by atoms with Crippen molar-refractivity contribution < 1.29 is 14.0 Å². The van der Waals surface area contributed by atoms with E-state index in [1.807, 2.05) is 17.6 Å². The number of amides is 1. The summed E-state index contributed by atoms with van der Waals surface area (Å²) in [6.07, 6.45) is 4.97. The number of carbonyl (C=O) groups is 2. The predicted molar refractivity (Wildman–Crippen MR) is 109 cm³/mol. The number of halogens is 1. The third kappa shape index (κ3) is 4.51. The van der Waals surface area contributed by atoms with E-state index >= 15 is 0 Å². The summed E-state index contributed by atoms with van der Waals surface area (Å²) in [5.74, 6) is 0.248. The molecule has 3 rings (SSSR count). The van der Waals surface area contributed by atoms with Crippen molar-refractivity contribution in [3.05, 3.63) is 47.4 Å². The molecular formula is C23H29FN2O2. The third-order valence-electron chi connectivity index (χ3n) is 5.91. The van der Waals surface area contributed by atoms with Crippen molar-refractivity contribution in [1.29, 1.82) is 0 Å². The molecule has 0 spiro atoms. The molecule has 2 atom stereocenters. The Morgan fingerprint density at radius 1 is 1.18 bits per heavy atom. The summed E-state index contributed by atoms with van der Waals surface area (Å²) >= 11 is 0. The van der Waals surface area contributed by atoms with E-state index in [0.29, 0.717) is 24.4 Å². The van der Waals surface area contributed by atoms with Crippen molar-refractivity contribution in [2.24, 2.45) is 5.92 Å². The van der Waals surface area contributed by atoms with Gasteiger partial charge in [-0.05, 0) is 68.5 Å². The van der Waals surface area contributed by atoms with Gasteiger partial charge in [0.2, 0.25) is 5.91 Å². The Balaban J connectivity index is 1.77. The number of hydrogen-bond donors (Lipinski definition) is 1. The summed E-state index contributed by atoms with van der Waals surface area (Å²) in [6, 6.07) is 8.32. The van der Waals surface area contributed by atoms with Crippen molar-refractivity contribution >= 4 is 11.7 Å². The highest BCUT2D eigenvalue weighted by Gasteiger charge is 2.23. The average Bonchev–Trinajstić information content (AvgIpc) is 2.99. The number of ketones is 1. The third-order valence-corrected chi connectivity index (χ3v) is 5.91. The molecule has 0 unspecified atom stereocenters. The number of rotatable bonds is 6. The Kier molecular flexibility index (Phi) is 6.32. The van der Waals surface area contributed by atoms with Crippen molar-refractivity contribution in [1.82, 2.24) is 9.88 Å². The summed E-state index contributed by atoms with van der Waals surface area (Å²) in [6.45, 7) is 6.12. The highest BCUT2D eigenvalue weighted by atomic mass is 19.1. The first-order valence-electron chi connectivity index (χ1n) is 10.1. The number of Topliss-reactive ketones (excluding diaryl/α,β-unsaturated/α-hetero) is 1. The molecule has 0 radical (unpaired) electrons. The molecule has 0 saturated heterocycles. The van der Waals surface area contributed by atoms with E-state index < -0.39 is 0 Å². The van der Waals surface area contributed by atoms with E-state index in [1.165, 1.54) is 38.3 Å². The van der Waals surface area contributed by atoms with E-state index in [9.17, 15) is 14.0 Å². The zero-order chi connectivity index (χ0) is 20.3. The molecule has 5 heteroatoms. The van der Waals surface area contributed by atoms with Crippen LogP contribution in [-0.4, -0.2) is 22.3 Å². The zero-order valence-corrected chi connectivity index (χ0v) is 16.9. The Labute approximate surface area is 166 Å². The Bertz CT molecular complexity index is 854. The quantitative estimate of drug-likeness (QED) is 0.721. The molecule has 0 bridgehead atoms. The molecule has 1 fully saturated rings. The van der Waals surface area contributed by atoms with E-state index in [2.05, 4.69) is 12.2 Å². The molecule has 2 aromatic rings. The molecule has 1 aliphatic carbocycles. The summed E-state index contributed by atoms with van der Waals surface area (Å²) in [4.78, 5) is 24.5. The maximum absolute atomic E-state index is 13.3. The smallest absolute Gasteiger partial charge is 0.222 e. The van der Waals surface area contributed by atoms with Crippen molar-refractivity contribution in [2.75, 3.05) is 0 Å². The van der Waals surface area contributed by atoms with Crippen molar-refractivity contribution in [3.8, 4) is 11.3 Å². The lowest BCUT2D eigenvalue weighted by molar-refractivity contribution is -0.122. The summed E-state index contributed by atoms with van der Waals surface area (Å²) in [7, 11) is 0. The molecule has 1 N–H and O–H groups in total. The van der Waals surface area contributed by atoms with E-state index in [0.717, 1.165) is 23.4 Å². The standard InChI is InChI=1S/C23H29FN2O2/c1-15-6-4-5-7-21(15)25-23(28)12-13-26-16(2)20(17(3)27)14-22(26)18-8-10-19(24)11-9-18/h8-11,14-15,21H,4-7,12-13H2,1-3H3,(H,25,28)/t15-,21+/m0/s1. The molecule has 4 nitrogen and oxygen atoms in total. The van der Waals surface area contributed by atoms with Gasteiger partial charge in [0, 0.05) is 36.0 Å². The first-order valence-corrected chi connectivity index (χ1v) is 10.1. The molecule has 28 heavy (non-hydrogen) atoms. The lowest BCUT2D eigenvalue weighted by atomic mass is 9.86. The second kappa shape index (κ2) is 8.72. The van der Waals surface area contributed by atoms with E-state index in [-0.39, 0.29) is 23.5 Å². The van der Waals surface area contributed by atoms with Crippen LogP contribution in [0, 0.1) is 18.7 Å². The largest absolute Gasteiger partial charge is 0.353 e. The maximum Gasteiger partial charge on any atom is 0.222 e. The van der Waals surface area contributed by atoms with Gasteiger partial charge in [-0.15, -0.1) is 0 Å². The molecule has 0 aliphatic heterocycles. The Hall–Kier alpha value is -2.43. The number of aromatic nitrogens is 1. The van der Waals surface area contributed by atoms with Crippen LogP contribution in [0.4, 0.5) is 4.39 Å². The highest BCUT2D eigenvalue weighted by molar-refractivity contribution is 5.96. The molecule has 1 aliphatic rings. The van der Waals surface area contributed by atoms with Crippen LogP contribution < -0.4 is 5.32 Å². The molecule has 1 amide bonds. The van der Waals surface area contributed by atoms with Gasteiger partial charge in [-0.2, -0.15) is 0 Å². The van der Waals surface area contributed by atoms with Crippen molar-refractivity contribution in [3.63, 3.8) is 0 Å². The van der Waals surface area contributed by atoms with Gasteiger partial charge in [-0.25, -0.2) is 4.39 Å². The van der Waals surface area contributed by atoms with Gasteiger partial charge in [0.15, 0.2) is 5.78 Å². The van der Waals surface area contributed by atoms with E-state index in [1.54, 1.807) is 12.1 Å². The minimum absolute atomic E-state index is 0.0138. The van der Waals surface area contributed by atoms with Crippen LogP contribution in [0.1, 0.15) is 62.0 Å². The fourth-order valence-corrected chi connectivity index (χ4v) is 4.17. The van der Waals surface area contributed by atoms with E-state index in [4.69, 9.17) is 0 Å². The maximum atomic E-state index is 13.3. The second-order valence-corrected chi connectivity index (χ2v) is 7.93. The molecule has 1 heterocycles. The van der Waals surface area contributed by atoms with Crippen LogP contribution >= 0.6 is 0 Å². The highest BCUT2D eigenvalue weighted by Crippen LogP contribution is 2.27. The van der Waals surface area contributed by atoms with Gasteiger partial charge in [-0.3, -0.25) is 9.59 Å². The summed E-state index contributed by atoms with van der Waals surface area (Å²) < 4.78 is 15.3. The fraction of sp³-hybridized carbons (Fsp3) is 0.478. The number of hydrogen-bond acceptors (Lipinski definition) is 2. The van der Waals surface area contributed by atoms with Gasteiger partial charge in [0.05, 0.1) is 0 Å². The van der Waals surface area contributed by atoms with Gasteiger partial charge >= 0.3 is 0 Å². The van der Waals surface area contributed by atoms with Gasteiger partial charge in [0.25, 0.3) is 0 Å². The summed E-state index contributed by atoms with van der Waals surface area (Å²) in [5, 5.41) is 3.19. The SMILES string of the molecule is CC(=O)c1cc(-c2ccc(F)cc2)n(CCC(=O)N[C@@H]2CCCC[C@@H]2C)c1C. The second-order valence-electron chi connectivity index (χ2n) is 7.93. The predicted octanol–water partition coefficient (Wildman–Crippen LogP) is 4.89. The monoisotopic (exact) mass is 384 g/mol. The molecule has 1 aromatic heterocycles. The molecule has 1 aromatic carbocycles. The zero-order valence-electron chi connectivity index (χ0n) is 16.9. The van der Waals surface area contributed by atoms with Crippen LogP contribution in [0.5, 0.6) is 0 Å². The average molecular weight is 384 g/mol. The number of nitrogens with one attached hydrogen (secondary N) is 1. The molecular weight excluding hydrogens is 355 g/mol. The number of carbonyl (C=O) groups excluding carboxylic acids is 2. The topological polar surface area (TPSA) is 51.1 Å². The Morgan fingerprint density at radius 3 is 2.50 bits per heavy atom. The fourth-order valence-electron chi connectivity index (χ4n) is 4.17. The minimum atomic E-state index is -0.300. The van der Waals surface area contributed by atoms with Crippen LogP contribution in [0.3, 0.4) is 0 Å². The molecule has 150 valence electrons. The number of nitrogens with zero attached hydrogens (tertiary/aromatic N) is 1. The van der Waals surface area contributed by atoms with Crippen LogP contribution in [0.2, 0.25) is 0 Å². The first-order chi connectivity index (χ1) is 13.4. The minimum Gasteiger partial charge on any atom is -0.353 e. The van der Waals surface area contributed by atoms with Crippen molar-refractivity contribution in [2.45, 2.75) is 65.5 Å².